The Labute approximate surface area is 135 Å². The number of ether oxygens (including phenoxy) is 1. The van der Waals surface area contributed by atoms with Crippen LogP contribution in [0.3, 0.4) is 0 Å². The number of alkyl halides is 3. The predicted molar refractivity (Wildman–Crippen MR) is 80.9 cm³/mol. The van der Waals surface area contributed by atoms with E-state index in [0.717, 1.165) is 4.41 Å². The molecule has 0 aliphatic carbocycles. The minimum absolute atomic E-state index is 0.516. The van der Waals surface area contributed by atoms with Crippen LogP contribution in [0.25, 0.3) is 0 Å². The van der Waals surface area contributed by atoms with Crippen molar-refractivity contribution >= 4 is 59.1 Å². The first kappa shape index (κ1) is 16.9. The quantitative estimate of drug-likeness (QED) is 0.358. The molecule has 0 aromatic heterocycles. The Kier molecular flexibility index (Phi) is 6.43. The summed E-state index contributed by atoms with van der Waals surface area (Å²) in [6.07, 6.45) is 0.591. The first-order valence-corrected chi connectivity index (χ1v) is 6.94. The normalized spacial score (nSPS) is 11.2. The van der Waals surface area contributed by atoms with Crippen molar-refractivity contribution in [2.45, 2.75) is 3.12 Å². The molecule has 0 aliphatic heterocycles. The van der Waals surface area contributed by atoms with Crippen molar-refractivity contribution in [3.8, 4) is 6.07 Å². The van der Waals surface area contributed by atoms with Crippen LogP contribution < -0.4 is 0 Å². The summed E-state index contributed by atoms with van der Waals surface area (Å²) >= 11 is 17.3. The van der Waals surface area contributed by atoms with Crippen LogP contribution in [0.1, 0.15) is 11.1 Å². The molecule has 0 aliphatic rings. The number of hydrogen-bond acceptors (Lipinski definition) is 5. The van der Waals surface area contributed by atoms with Gasteiger partial charge in [-0.05, 0) is 17.7 Å². The smallest absolute Gasteiger partial charge is 0.440 e. The molecule has 106 valence electrons. The largest absolute Gasteiger partial charge is 0.451 e. The number of methoxy groups -OCH3 is 1. The van der Waals surface area contributed by atoms with E-state index in [1.54, 1.807) is 24.3 Å². The minimum atomic E-state index is -1.75. The van der Waals surface area contributed by atoms with Gasteiger partial charge >= 0.3 is 6.09 Å². The number of carbonyl (C=O) groups is 1. The van der Waals surface area contributed by atoms with Crippen LogP contribution in [-0.4, -0.2) is 27.0 Å². The molecule has 0 radical (unpaired) electrons. The SMILES string of the molecule is COC(=O)N(N=Cc1ccc(C#N)cc1)SC(Cl)(Cl)Cl. The van der Waals surface area contributed by atoms with E-state index < -0.39 is 9.22 Å². The van der Waals surface area contributed by atoms with Crippen molar-refractivity contribution in [1.29, 1.82) is 5.26 Å². The number of hydrogen-bond donors (Lipinski definition) is 0. The lowest BCUT2D eigenvalue weighted by Crippen LogP contribution is -2.22. The van der Waals surface area contributed by atoms with Gasteiger partial charge in [0.1, 0.15) is 0 Å². The standard InChI is InChI=1S/C11H8Cl3N3O2S/c1-19-10(18)17(20-11(12,13)14)16-7-9-4-2-8(6-15)3-5-9/h2-5,7H,1H3. The highest BCUT2D eigenvalue weighted by molar-refractivity contribution is 8.03. The van der Waals surface area contributed by atoms with Crippen molar-refractivity contribution < 1.29 is 9.53 Å². The molecule has 20 heavy (non-hydrogen) atoms. The molecule has 9 heteroatoms. The molecule has 0 heterocycles. The fourth-order valence-electron chi connectivity index (χ4n) is 1.05. The van der Waals surface area contributed by atoms with Crippen molar-refractivity contribution in [3.05, 3.63) is 35.4 Å². The molecule has 0 saturated heterocycles. The lowest BCUT2D eigenvalue weighted by molar-refractivity contribution is 0.153. The Bertz CT molecular complexity index is 537. The Balaban J connectivity index is 2.85. The maximum absolute atomic E-state index is 11.5. The van der Waals surface area contributed by atoms with Crippen molar-refractivity contribution in [1.82, 2.24) is 4.41 Å². The zero-order chi connectivity index (χ0) is 15.2. The number of hydrazone groups is 1. The van der Waals surface area contributed by atoms with Gasteiger partial charge in [-0.1, -0.05) is 46.9 Å². The van der Waals surface area contributed by atoms with Crippen LogP contribution in [0.4, 0.5) is 4.79 Å². The van der Waals surface area contributed by atoms with Gasteiger partial charge in [0.25, 0.3) is 3.12 Å². The summed E-state index contributed by atoms with van der Waals surface area (Å²) in [7, 11) is 1.19. The van der Waals surface area contributed by atoms with Crippen molar-refractivity contribution in [2.24, 2.45) is 5.10 Å². The second kappa shape index (κ2) is 7.60. The van der Waals surface area contributed by atoms with Crippen LogP contribution in [-0.2, 0) is 4.74 Å². The molecule has 0 unspecified atom stereocenters. The first-order chi connectivity index (χ1) is 9.35. The molecular weight excluding hydrogens is 345 g/mol. The predicted octanol–water partition coefficient (Wildman–Crippen LogP) is 3.94. The number of rotatable bonds is 3. The number of benzene rings is 1. The minimum Gasteiger partial charge on any atom is -0.451 e. The Morgan fingerprint density at radius 2 is 2.05 bits per heavy atom. The van der Waals surface area contributed by atoms with E-state index in [1.807, 2.05) is 6.07 Å². The molecule has 5 nitrogen and oxygen atoms in total. The molecule has 0 spiro atoms. The van der Waals surface area contributed by atoms with Gasteiger partial charge in [-0.15, -0.1) is 4.41 Å². The highest BCUT2D eigenvalue weighted by Crippen LogP contribution is 2.41. The molecule has 1 aromatic carbocycles. The van der Waals surface area contributed by atoms with Crippen molar-refractivity contribution in [3.63, 3.8) is 0 Å². The van der Waals surface area contributed by atoms with Crippen LogP contribution >= 0.6 is 46.8 Å². The summed E-state index contributed by atoms with van der Waals surface area (Å²) < 4.78 is 3.57. The van der Waals surface area contributed by atoms with Gasteiger partial charge in [-0.2, -0.15) is 10.4 Å². The van der Waals surface area contributed by atoms with E-state index >= 15 is 0 Å². The maximum Gasteiger partial charge on any atom is 0.440 e. The second-order valence-electron chi connectivity index (χ2n) is 3.26. The zero-order valence-corrected chi connectivity index (χ0v) is 13.2. The summed E-state index contributed by atoms with van der Waals surface area (Å²) in [6, 6.07) is 8.55. The summed E-state index contributed by atoms with van der Waals surface area (Å²) in [4.78, 5) is 11.5. The van der Waals surface area contributed by atoms with E-state index in [9.17, 15) is 4.79 Å². The summed E-state index contributed by atoms with van der Waals surface area (Å²) in [5, 5.41) is 12.5. The zero-order valence-electron chi connectivity index (χ0n) is 10.1. The summed E-state index contributed by atoms with van der Waals surface area (Å²) in [6.45, 7) is 0. The molecule has 0 N–H and O–H groups in total. The second-order valence-corrected chi connectivity index (χ2v) is 7.35. The number of amides is 1. The highest BCUT2D eigenvalue weighted by Gasteiger charge is 2.29. The highest BCUT2D eigenvalue weighted by atomic mass is 35.6. The van der Waals surface area contributed by atoms with Gasteiger partial charge in [-0.25, -0.2) is 4.79 Å². The van der Waals surface area contributed by atoms with E-state index in [2.05, 4.69) is 9.84 Å². The van der Waals surface area contributed by atoms with Gasteiger partial charge in [-0.3, -0.25) is 0 Å². The maximum atomic E-state index is 11.5. The van der Waals surface area contributed by atoms with Gasteiger partial charge < -0.3 is 4.74 Å². The topological polar surface area (TPSA) is 65.7 Å². The van der Waals surface area contributed by atoms with Gasteiger partial charge in [0.15, 0.2) is 0 Å². The lowest BCUT2D eigenvalue weighted by Gasteiger charge is -2.18. The van der Waals surface area contributed by atoms with Crippen LogP contribution in [0.5, 0.6) is 0 Å². The fourth-order valence-corrected chi connectivity index (χ4v) is 2.07. The Morgan fingerprint density at radius 1 is 1.45 bits per heavy atom. The molecule has 1 aromatic rings. The molecule has 1 rings (SSSR count). The number of nitrogens with zero attached hydrogens (tertiary/aromatic N) is 3. The number of halogens is 3. The van der Waals surface area contributed by atoms with E-state index in [1.165, 1.54) is 13.3 Å². The monoisotopic (exact) mass is 351 g/mol. The van der Waals surface area contributed by atoms with E-state index in [-0.39, 0.29) is 0 Å². The van der Waals surface area contributed by atoms with Crippen LogP contribution in [0, 0.1) is 11.3 Å². The van der Waals surface area contributed by atoms with Gasteiger partial charge in [0.05, 0.1) is 25.0 Å². The fraction of sp³-hybridized carbons (Fsp3) is 0.182. The third kappa shape index (κ3) is 5.88. The molecule has 0 fully saturated rings. The average Bonchev–Trinajstić information content (AvgIpc) is 2.42. The molecule has 0 saturated carbocycles. The van der Waals surface area contributed by atoms with Crippen LogP contribution in [0.15, 0.2) is 29.4 Å². The molecule has 1 amide bonds. The van der Waals surface area contributed by atoms with Gasteiger partial charge in [0, 0.05) is 11.9 Å². The van der Waals surface area contributed by atoms with E-state index in [4.69, 9.17) is 40.1 Å². The average molecular weight is 353 g/mol. The van der Waals surface area contributed by atoms with Crippen molar-refractivity contribution in [2.75, 3.05) is 7.11 Å². The van der Waals surface area contributed by atoms with E-state index in [0.29, 0.717) is 23.1 Å². The molecule has 0 atom stereocenters. The van der Waals surface area contributed by atoms with Gasteiger partial charge in [0.2, 0.25) is 0 Å². The molecule has 0 bridgehead atoms. The molecular formula is C11H8Cl3N3O2S. The Hall–Kier alpha value is -1.13. The van der Waals surface area contributed by atoms with Crippen LogP contribution in [0.2, 0.25) is 0 Å². The third-order valence-corrected chi connectivity index (χ3v) is 3.12. The number of nitriles is 1. The Morgan fingerprint density at radius 3 is 2.50 bits per heavy atom. The first-order valence-electron chi connectivity index (χ1n) is 5.04. The summed E-state index contributed by atoms with van der Waals surface area (Å²) in [5.74, 6) is 0. The lowest BCUT2D eigenvalue weighted by atomic mass is 10.2. The number of carbonyl (C=O) groups excluding carboxylic acids is 1. The third-order valence-electron chi connectivity index (χ3n) is 1.87. The summed E-state index contributed by atoms with van der Waals surface area (Å²) in [5.41, 5.74) is 1.19.